The molecular formula is C13H30N2. The fourth-order valence-electron chi connectivity index (χ4n) is 1.39. The lowest BCUT2D eigenvalue weighted by Gasteiger charge is -2.29. The predicted molar refractivity (Wildman–Crippen MR) is 68.6 cm³/mol. The summed E-state index contributed by atoms with van der Waals surface area (Å²) in [5, 5.41) is 0. The first-order valence-electron chi connectivity index (χ1n) is 6.35. The van der Waals surface area contributed by atoms with Gasteiger partial charge in [-0.2, -0.15) is 0 Å². The van der Waals surface area contributed by atoms with Crippen LogP contribution < -0.4 is 11.5 Å². The Morgan fingerprint density at radius 2 is 1.40 bits per heavy atom. The van der Waals surface area contributed by atoms with E-state index in [1.165, 1.54) is 6.42 Å². The van der Waals surface area contributed by atoms with Gasteiger partial charge in [-0.1, -0.05) is 34.6 Å². The maximum absolute atomic E-state index is 5.79. The van der Waals surface area contributed by atoms with Crippen LogP contribution in [-0.4, -0.2) is 12.1 Å². The van der Waals surface area contributed by atoms with Crippen molar-refractivity contribution in [3.8, 4) is 0 Å². The smallest absolute Gasteiger partial charge is 0.00792 e. The van der Waals surface area contributed by atoms with Crippen molar-refractivity contribution >= 4 is 0 Å². The molecule has 0 aliphatic heterocycles. The van der Waals surface area contributed by atoms with E-state index in [4.69, 9.17) is 11.5 Å². The van der Waals surface area contributed by atoms with Gasteiger partial charge in [-0.25, -0.2) is 0 Å². The highest BCUT2D eigenvalue weighted by Crippen LogP contribution is 2.21. The highest BCUT2D eigenvalue weighted by Gasteiger charge is 2.21. The molecule has 0 aromatic rings. The zero-order valence-corrected chi connectivity index (χ0v) is 11.2. The summed E-state index contributed by atoms with van der Waals surface area (Å²) in [7, 11) is 0. The molecule has 3 atom stereocenters. The summed E-state index contributed by atoms with van der Waals surface area (Å²) in [6, 6.07) is 0.727. The van der Waals surface area contributed by atoms with Crippen LogP contribution >= 0.6 is 0 Å². The van der Waals surface area contributed by atoms with Crippen molar-refractivity contribution in [3.63, 3.8) is 0 Å². The summed E-state index contributed by atoms with van der Waals surface area (Å²) in [6.07, 6.45) is 3.39. The number of rotatable bonds is 1. The van der Waals surface area contributed by atoms with Crippen LogP contribution in [0.4, 0.5) is 0 Å². The SMILES string of the molecule is CC(C)C(C)C.CC1CCC(N)CC1N. The van der Waals surface area contributed by atoms with E-state index in [1.54, 1.807) is 0 Å². The van der Waals surface area contributed by atoms with Gasteiger partial charge in [-0.15, -0.1) is 0 Å². The summed E-state index contributed by atoms with van der Waals surface area (Å²) in [5.74, 6) is 2.39. The summed E-state index contributed by atoms with van der Waals surface area (Å²) in [6.45, 7) is 11.2. The molecule has 0 radical (unpaired) electrons. The Morgan fingerprint density at radius 1 is 0.933 bits per heavy atom. The summed E-state index contributed by atoms with van der Waals surface area (Å²) in [4.78, 5) is 0. The first kappa shape index (κ1) is 14.9. The Balaban J connectivity index is 0.000000288. The quantitative estimate of drug-likeness (QED) is 0.705. The van der Waals surface area contributed by atoms with Crippen LogP contribution in [0.3, 0.4) is 0 Å². The van der Waals surface area contributed by atoms with E-state index in [0.29, 0.717) is 18.0 Å². The first-order chi connectivity index (χ1) is 6.84. The second-order valence-corrected chi connectivity index (χ2v) is 5.70. The lowest BCUT2D eigenvalue weighted by molar-refractivity contribution is 0.301. The fourth-order valence-corrected chi connectivity index (χ4v) is 1.39. The van der Waals surface area contributed by atoms with Gasteiger partial charge >= 0.3 is 0 Å². The maximum atomic E-state index is 5.79. The molecule has 0 aromatic carbocycles. The molecule has 15 heavy (non-hydrogen) atoms. The van der Waals surface area contributed by atoms with E-state index in [1.807, 2.05) is 0 Å². The van der Waals surface area contributed by atoms with E-state index in [-0.39, 0.29) is 0 Å². The van der Waals surface area contributed by atoms with Crippen LogP contribution in [0.5, 0.6) is 0 Å². The molecule has 2 heteroatoms. The topological polar surface area (TPSA) is 52.0 Å². The highest BCUT2D eigenvalue weighted by atomic mass is 14.7. The van der Waals surface area contributed by atoms with Crippen molar-refractivity contribution in [1.82, 2.24) is 0 Å². The molecule has 1 fully saturated rings. The van der Waals surface area contributed by atoms with Crippen molar-refractivity contribution in [2.75, 3.05) is 0 Å². The normalized spacial score (nSPS) is 31.4. The van der Waals surface area contributed by atoms with Gasteiger partial charge < -0.3 is 11.5 Å². The summed E-state index contributed by atoms with van der Waals surface area (Å²) >= 11 is 0. The molecule has 1 rings (SSSR count). The molecule has 0 heterocycles. The Labute approximate surface area is 95.8 Å². The van der Waals surface area contributed by atoms with Crippen molar-refractivity contribution < 1.29 is 0 Å². The van der Waals surface area contributed by atoms with Gasteiger partial charge in [-0.3, -0.25) is 0 Å². The second kappa shape index (κ2) is 7.24. The van der Waals surface area contributed by atoms with E-state index in [0.717, 1.165) is 24.7 Å². The van der Waals surface area contributed by atoms with E-state index in [9.17, 15) is 0 Å². The molecule has 1 saturated carbocycles. The molecule has 0 saturated heterocycles. The number of hydrogen-bond acceptors (Lipinski definition) is 2. The fraction of sp³-hybridized carbons (Fsp3) is 1.00. The average Bonchev–Trinajstić information content (AvgIpc) is 2.13. The molecule has 2 nitrogen and oxygen atoms in total. The van der Waals surface area contributed by atoms with Crippen LogP contribution in [0, 0.1) is 17.8 Å². The summed E-state index contributed by atoms with van der Waals surface area (Å²) in [5.41, 5.74) is 11.5. The lowest BCUT2D eigenvalue weighted by Crippen LogP contribution is -2.40. The molecule has 1 aliphatic rings. The molecule has 0 aromatic heterocycles. The predicted octanol–water partition coefficient (Wildman–Crippen LogP) is 2.76. The molecule has 1 aliphatic carbocycles. The molecule has 0 amide bonds. The van der Waals surface area contributed by atoms with Gasteiger partial charge in [-0.05, 0) is 37.0 Å². The third-order valence-electron chi connectivity index (χ3n) is 3.63. The van der Waals surface area contributed by atoms with Gasteiger partial charge in [0.25, 0.3) is 0 Å². The molecule has 3 unspecified atom stereocenters. The standard InChI is InChI=1S/C7H16N2.C6H14/c1-5-2-3-6(8)4-7(5)9;1-5(2)6(3)4/h5-7H,2-4,8-9H2,1H3;5-6H,1-4H3. The van der Waals surface area contributed by atoms with Crippen LogP contribution in [0.25, 0.3) is 0 Å². The zero-order chi connectivity index (χ0) is 12.0. The molecule has 0 bridgehead atoms. The second-order valence-electron chi connectivity index (χ2n) is 5.70. The molecule has 4 N–H and O–H groups in total. The third kappa shape index (κ3) is 6.91. The van der Waals surface area contributed by atoms with Gasteiger partial charge in [0.2, 0.25) is 0 Å². The lowest BCUT2D eigenvalue weighted by atomic mass is 9.84. The minimum absolute atomic E-state index is 0.355. The van der Waals surface area contributed by atoms with Gasteiger partial charge in [0.1, 0.15) is 0 Å². The Kier molecular flexibility index (Phi) is 7.20. The van der Waals surface area contributed by atoms with Crippen LogP contribution in [-0.2, 0) is 0 Å². The average molecular weight is 214 g/mol. The molecular weight excluding hydrogens is 184 g/mol. The van der Waals surface area contributed by atoms with Crippen molar-refractivity contribution in [2.24, 2.45) is 29.2 Å². The van der Waals surface area contributed by atoms with Crippen LogP contribution in [0.15, 0.2) is 0 Å². The minimum atomic E-state index is 0.355. The Morgan fingerprint density at radius 3 is 1.67 bits per heavy atom. The maximum Gasteiger partial charge on any atom is 0.00792 e. The van der Waals surface area contributed by atoms with Crippen molar-refractivity contribution in [2.45, 2.75) is 66.0 Å². The summed E-state index contributed by atoms with van der Waals surface area (Å²) < 4.78 is 0. The Hall–Kier alpha value is -0.0800. The zero-order valence-electron chi connectivity index (χ0n) is 11.2. The van der Waals surface area contributed by atoms with Crippen molar-refractivity contribution in [3.05, 3.63) is 0 Å². The van der Waals surface area contributed by atoms with E-state index in [2.05, 4.69) is 34.6 Å². The number of nitrogens with two attached hydrogens (primary N) is 2. The van der Waals surface area contributed by atoms with E-state index >= 15 is 0 Å². The van der Waals surface area contributed by atoms with Gasteiger partial charge in [0, 0.05) is 12.1 Å². The first-order valence-corrected chi connectivity index (χ1v) is 6.35. The number of hydrogen-bond donors (Lipinski definition) is 2. The van der Waals surface area contributed by atoms with Gasteiger partial charge in [0.15, 0.2) is 0 Å². The minimum Gasteiger partial charge on any atom is -0.328 e. The molecule has 92 valence electrons. The van der Waals surface area contributed by atoms with Crippen LogP contribution in [0.1, 0.15) is 53.9 Å². The van der Waals surface area contributed by atoms with Crippen LogP contribution in [0.2, 0.25) is 0 Å². The van der Waals surface area contributed by atoms with Gasteiger partial charge in [0.05, 0.1) is 0 Å². The van der Waals surface area contributed by atoms with Crippen molar-refractivity contribution in [1.29, 1.82) is 0 Å². The monoisotopic (exact) mass is 214 g/mol. The largest absolute Gasteiger partial charge is 0.328 e. The molecule has 0 spiro atoms. The Bertz CT molecular complexity index is 149. The van der Waals surface area contributed by atoms with E-state index < -0.39 is 0 Å². The third-order valence-corrected chi connectivity index (χ3v) is 3.63. The highest BCUT2D eigenvalue weighted by molar-refractivity contribution is 4.81.